The molecule has 0 saturated carbocycles. The molecule has 2 aromatic carbocycles. The highest BCUT2D eigenvalue weighted by atomic mass is 32.2. The largest absolute Gasteiger partial charge is 0.443 e. The van der Waals surface area contributed by atoms with Gasteiger partial charge in [0.25, 0.3) is 0 Å². The van der Waals surface area contributed by atoms with Gasteiger partial charge in [-0.2, -0.15) is 4.31 Å². The van der Waals surface area contributed by atoms with Crippen molar-refractivity contribution in [1.29, 1.82) is 0 Å². The third kappa shape index (κ3) is 6.95. The zero-order valence-electron chi connectivity index (χ0n) is 23.4. The summed E-state index contributed by atoms with van der Waals surface area (Å²) in [6.07, 6.45) is -1.09. The van der Waals surface area contributed by atoms with Crippen molar-refractivity contribution in [2.75, 3.05) is 32.0 Å². The lowest BCUT2D eigenvalue weighted by Crippen LogP contribution is -2.52. The van der Waals surface area contributed by atoms with Gasteiger partial charge in [0, 0.05) is 18.8 Å². The van der Waals surface area contributed by atoms with E-state index in [1.165, 1.54) is 28.6 Å². The number of fused-ring (bicyclic) bond motifs is 1. The van der Waals surface area contributed by atoms with Crippen molar-refractivity contribution >= 4 is 21.8 Å². The number of nitrogen functional groups attached to an aromatic ring is 1. The Morgan fingerprint density at radius 1 is 1.18 bits per heavy atom. The summed E-state index contributed by atoms with van der Waals surface area (Å²) < 4.78 is 45.6. The van der Waals surface area contributed by atoms with Crippen molar-refractivity contribution in [2.24, 2.45) is 11.3 Å². The first kappa shape index (κ1) is 30.3. The molecule has 0 spiro atoms. The van der Waals surface area contributed by atoms with Gasteiger partial charge in [0.2, 0.25) is 10.0 Å². The number of sulfonamides is 1. The van der Waals surface area contributed by atoms with Crippen molar-refractivity contribution in [2.45, 2.75) is 69.5 Å². The molecule has 2 fully saturated rings. The van der Waals surface area contributed by atoms with E-state index in [1.807, 2.05) is 51.1 Å². The highest BCUT2D eigenvalue weighted by Crippen LogP contribution is 2.44. The van der Waals surface area contributed by atoms with Crippen LogP contribution in [0.5, 0.6) is 0 Å². The first-order valence-electron chi connectivity index (χ1n) is 13.8. The molecule has 6 atom stereocenters. The van der Waals surface area contributed by atoms with Crippen LogP contribution in [0, 0.1) is 11.3 Å². The second-order valence-electron chi connectivity index (χ2n) is 11.1. The van der Waals surface area contributed by atoms with Gasteiger partial charge in [0.1, 0.15) is 6.10 Å². The van der Waals surface area contributed by atoms with Gasteiger partial charge in [-0.15, -0.1) is 0 Å². The maximum absolute atomic E-state index is 13.6. The molecule has 40 heavy (non-hydrogen) atoms. The van der Waals surface area contributed by atoms with E-state index in [-0.39, 0.29) is 36.9 Å². The highest BCUT2D eigenvalue weighted by Gasteiger charge is 2.54. The number of ether oxygens (including phenoxy) is 3. The van der Waals surface area contributed by atoms with Crippen molar-refractivity contribution in [3.8, 4) is 0 Å². The summed E-state index contributed by atoms with van der Waals surface area (Å²) in [5, 5.41) is 14.3. The molecule has 0 aliphatic carbocycles. The van der Waals surface area contributed by atoms with Gasteiger partial charge in [0.15, 0.2) is 6.29 Å². The summed E-state index contributed by atoms with van der Waals surface area (Å²) >= 11 is 0. The van der Waals surface area contributed by atoms with Crippen molar-refractivity contribution in [1.82, 2.24) is 9.62 Å². The van der Waals surface area contributed by atoms with Crippen LogP contribution in [-0.4, -0.2) is 74.8 Å². The van der Waals surface area contributed by atoms with Crippen molar-refractivity contribution < 1.29 is 32.5 Å². The molecular weight excluding hydrogens is 534 g/mol. The number of carbonyl (C=O) groups excluding carboxylic acids is 1. The minimum absolute atomic E-state index is 0.0472. The molecule has 1 unspecified atom stereocenters. The lowest BCUT2D eigenvalue weighted by atomic mass is 9.84. The smallest absolute Gasteiger partial charge is 0.407 e. The van der Waals surface area contributed by atoms with Gasteiger partial charge < -0.3 is 30.4 Å². The highest BCUT2D eigenvalue weighted by molar-refractivity contribution is 7.89. The van der Waals surface area contributed by atoms with Crippen molar-refractivity contribution in [3.63, 3.8) is 0 Å². The number of alkyl carbamates (subject to hydrolysis) is 1. The van der Waals surface area contributed by atoms with Gasteiger partial charge >= 0.3 is 6.09 Å². The Bertz CT molecular complexity index is 1230. The fourth-order valence-electron chi connectivity index (χ4n) is 5.12. The number of hydrogen-bond donors (Lipinski definition) is 3. The quantitative estimate of drug-likeness (QED) is 0.328. The van der Waals surface area contributed by atoms with Crippen LogP contribution in [0.1, 0.15) is 39.2 Å². The average molecular weight is 576 g/mol. The Morgan fingerprint density at radius 3 is 2.55 bits per heavy atom. The molecule has 0 radical (unpaired) electrons. The van der Waals surface area contributed by atoms with E-state index >= 15 is 0 Å². The molecule has 10 nitrogen and oxygen atoms in total. The lowest BCUT2D eigenvalue weighted by Gasteiger charge is -2.32. The molecule has 220 valence electrons. The van der Waals surface area contributed by atoms with E-state index in [0.717, 1.165) is 12.0 Å². The number of anilines is 1. The van der Waals surface area contributed by atoms with Gasteiger partial charge in [-0.25, -0.2) is 13.2 Å². The standard InChI is InChI=1S/C29H41N3O7S/c1-4-20(2)17-32(40(35,36)23-12-10-22(30)11-13-23)18-25(33)24(16-21-8-6-5-7-9-21)31-28(34)39-26-19-38-27-29(26,3)14-15-37-27/h5-13,20,24-27,33H,4,14-19,30H2,1-3H3,(H,31,34)/t20-,24?,25+,26-,27+,29-/m0/s1. The third-order valence-electron chi connectivity index (χ3n) is 8.02. The van der Waals surface area contributed by atoms with Crippen LogP contribution < -0.4 is 11.1 Å². The minimum atomic E-state index is -3.95. The van der Waals surface area contributed by atoms with E-state index in [4.69, 9.17) is 19.9 Å². The number of nitrogens with two attached hydrogens (primary N) is 1. The molecular formula is C29H41N3O7S. The summed E-state index contributed by atoms with van der Waals surface area (Å²) in [4.78, 5) is 13.2. The molecule has 1 amide bonds. The summed E-state index contributed by atoms with van der Waals surface area (Å²) in [5.74, 6) is 0.0472. The third-order valence-corrected chi connectivity index (χ3v) is 9.87. The Hall–Kier alpha value is -2.70. The zero-order valence-corrected chi connectivity index (χ0v) is 24.2. The summed E-state index contributed by atoms with van der Waals surface area (Å²) in [6.45, 7) is 6.67. The van der Waals surface area contributed by atoms with Crippen LogP contribution in [0.3, 0.4) is 0 Å². The second-order valence-corrected chi connectivity index (χ2v) is 13.0. The molecule has 0 aromatic heterocycles. The SMILES string of the molecule is CC[C@H](C)CN(C[C@@H](O)C(Cc1ccccc1)NC(=O)O[C@H]1CO[C@H]2OCC[C@]21C)S(=O)(=O)c1ccc(N)cc1. The van der Waals surface area contributed by atoms with E-state index < -0.39 is 46.1 Å². The van der Waals surface area contributed by atoms with Crippen LogP contribution in [0.2, 0.25) is 0 Å². The number of amides is 1. The predicted molar refractivity (Wildman–Crippen MR) is 151 cm³/mol. The Kier molecular flexibility index (Phi) is 9.73. The van der Waals surface area contributed by atoms with Crippen LogP contribution in [-0.2, 0) is 30.7 Å². The summed E-state index contributed by atoms with van der Waals surface area (Å²) in [6, 6.07) is 14.6. The maximum atomic E-state index is 13.6. The molecule has 4 rings (SSSR count). The topological polar surface area (TPSA) is 140 Å². The van der Waals surface area contributed by atoms with Gasteiger partial charge in [-0.05, 0) is 48.6 Å². The number of aliphatic hydroxyl groups excluding tert-OH is 1. The molecule has 4 N–H and O–H groups in total. The number of nitrogens with one attached hydrogen (secondary N) is 1. The van der Waals surface area contributed by atoms with E-state index in [2.05, 4.69) is 5.32 Å². The van der Waals surface area contributed by atoms with Crippen LogP contribution >= 0.6 is 0 Å². The molecule has 2 heterocycles. The van der Waals surface area contributed by atoms with Gasteiger partial charge in [-0.3, -0.25) is 0 Å². The number of aliphatic hydroxyl groups is 1. The zero-order chi connectivity index (χ0) is 28.9. The molecule has 11 heteroatoms. The van der Waals surface area contributed by atoms with Gasteiger partial charge in [-0.1, -0.05) is 57.5 Å². The monoisotopic (exact) mass is 575 g/mol. The maximum Gasteiger partial charge on any atom is 0.407 e. The van der Waals surface area contributed by atoms with Crippen LogP contribution in [0.25, 0.3) is 0 Å². The Morgan fingerprint density at radius 2 is 1.88 bits per heavy atom. The Labute approximate surface area is 236 Å². The molecule has 2 aliphatic heterocycles. The normalized spacial score (nSPS) is 24.8. The number of carbonyl (C=O) groups is 1. The Balaban J connectivity index is 1.53. The van der Waals surface area contributed by atoms with Crippen LogP contribution in [0.4, 0.5) is 10.5 Å². The number of nitrogens with zero attached hydrogens (tertiary/aromatic N) is 1. The van der Waals surface area contributed by atoms with E-state index in [0.29, 0.717) is 18.7 Å². The molecule has 0 bridgehead atoms. The van der Waals surface area contributed by atoms with Crippen molar-refractivity contribution in [3.05, 3.63) is 60.2 Å². The number of benzene rings is 2. The predicted octanol–water partition coefficient (Wildman–Crippen LogP) is 3.16. The van der Waals surface area contributed by atoms with Crippen LogP contribution in [0.15, 0.2) is 59.5 Å². The minimum Gasteiger partial charge on any atom is -0.443 e. The molecule has 2 aromatic rings. The average Bonchev–Trinajstić information content (AvgIpc) is 3.45. The summed E-state index contributed by atoms with van der Waals surface area (Å²) in [7, 11) is -3.95. The number of hydrogen-bond acceptors (Lipinski definition) is 8. The lowest BCUT2D eigenvalue weighted by molar-refractivity contribution is -0.108. The fourth-order valence-corrected chi connectivity index (χ4v) is 6.70. The fraction of sp³-hybridized carbons (Fsp3) is 0.552. The molecule has 2 aliphatic rings. The van der Waals surface area contributed by atoms with E-state index in [1.54, 1.807) is 0 Å². The summed E-state index contributed by atoms with van der Waals surface area (Å²) in [5.41, 5.74) is 6.66. The first-order chi connectivity index (χ1) is 19.0. The first-order valence-corrected chi connectivity index (χ1v) is 15.2. The van der Waals surface area contributed by atoms with E-state index in [9.17, 15) is 18.3 Å². The number of rotatable bonds is 12. The van der Waals surface area contributed by atoms with Gasteiger partial charge in [0.05, 0.1) is 35.7 Å². The molecule has 2 saturated heterocycles. The second kappa shape index (κ2) is 12.9.